The number of carbonyl (C=O) groups excluding carboxylic acids is 1. The van der Waals surface area contributed by atoms with Crippen molar-refractivity contribution in [3.8, 4) is 5.75 Å². The van der Waals surface area contributed by atoms with Crippen molar-refractivity contribution in [3.05, 3.63) is 53.6 Å². The second-order valence-electron chi connectivity index (χ2n) is 6.45. The highest BCUT2D eigenvalue weighted by Gasteiger charge is 2.30. The smallest absolute Gasteiger partial charge is 0.257 e. The zero-order valence-electron chi connectivity index (χ0n) is 14.9. The van der Waals surface area contributed by atoms with E-state index in [0.29, 0.717) is 18.7 Å². The number of hydrogen-bond donors (Lipinski definition) is 1. The van der Waals surface area contributed by atoms with Gasteiger partial charge >= 0.3 is 0 Å². The largest absolute Gasteiger partial charge is 0.496 e. The fourth-order valence-corrected chi connectivity index (χ4v) is 3.08. The van der Waals surface area contributed by atoms with E-state index in [1.807, 2.05) is 43.0 Å². The van der Waals surface area contributed by atoms with Crippen molar-refractivity contribution >= 4 is 5.91 Å². The molecule has 6 heteroatoms. The molecule has 1 fully saturated rings. The van der Waals surface area contributed by atoms with Crippen molar-refractivity contribution in [1.29, 1.82) is 0 Å². The van der Waals surface area contributed by atoms with Crippen LogP contribution < -0.4 is 10.1 Å². The number of piperazine rings is 1. The molecule has 0 aliphatic carbocycles. The number of benzene rings is 1. The SMILES string of the molecule is COc1ccccc1C1CNCCN1C(=O)c1cnc(C(C)C)nc1. The van der Waals surface area contributed by atoms with E-state index in [-0.39, 0.29) is 17.9 Å². The van der Waals surface area contributed by atoms with Crippen molar-refractivity contribution in [3.63, 3.8) is 0 Å². The Kier molecular flexibility index (Phi) is 5.28. The Morgan fingerprint density at radius 1 is 1.28 bits per heavy atom. The van der Waals surface area contributed by atoms with Gasteiger partial charge in [-0.1, -0.05) is 32.0 Å². The molecule has 6 nitrogen and oxygen atoms in total. The van der Waals surface area contributed by atoms with E-state index in [2.05, 4.69) is 15.3 Å². The Balaban J connectivity index is 1.88. The first-order valence-electron chi connectivity index (χ1n) is 8.58. The van der Waals surface area contributed by atoms with E-state index in [1.54, 1.807) is 19.5 Å². The third-order valence-electron chi connectivity index (χ3n) is 4.44. The molecule has 1 atom stereocenters. The monoisotopic (exact) mass is 340 g/mol. The predicted octanol–water partition coefficient (Wildman–Crippen LogP) is 2.40. The normalized spacial score (nSPS) is 17.6. The van der Waals surface area contributed by atoms with Crippen molar-refractivity contribution in [2.75, 3.05) is 26.7 Å². The van der Waals surface area contributed by atoms with Gasteiger partial charge in [-0.3, -0.25) is 4.79 Å². The Hall–Kier alpha value is -2.47. The minimum atomic E-state index is -0.0813. The molecule has 2 aromatic rings. The zero-order valence-corrected chi connectivity index (χ0v) is 14.9. The van der Waals surface area contributed by atoms with E-state index in [1.165, 1.54) is 0 Å². The fraction of sp³-hybridized carbons (Fsp3) is 0.421. The molecule has 0 spiro atoms. The van der Waals surface area contributed by atoms with Crippen LogP contribution in [0.25, 0.3) is 0 Å². The molecule has 25 heavy (non-hydrogen) atoms. The highest BCUT2D eigenvalue weighted by molar-refractivity contribution is 5.94. The molecular weight excluding hydrogens is 316 g/mol. The first-order chi connectivity index (χ1) is 12.1. The molecule has 3 rings (SSSR count). The Labute approximate surface area is 148 Å². The number of nitrogens with zero attached hydrogens (tertiary/aromatic N) is 3. The van der Waals surface area contributed by atoms with Gasteiger partial charge in [-0.15, -0.1) is 0 Å². The zero-order chi connectivity index (χ0) is 17.8. The van der Waals surface area contributed by atoms with Gasteiger partial charge in [-0.05, 0) is 6.07 Å². The van der Waals surface area contributed by atoms with Gasteiger partial charge in [0.15, 0.2) is 0 Å². The molecule has 1 amide bonds. The number of rotatable bonds is 4. The molecule has 0 bridgehead atoms. The Bertz CT molecular complexity index is 730. The second kappa shape index (κ2) is 7.61. The number of amides is 1. The van der Waals surface area contributed by atoms with Gasteiger partial charge in [0.05, 0.1) is 18.7 Å². The van der Waals surface area contributed by atoms with Crippen LogP contribution in [0.4, 0.5) is 0 Å². The van der Waals surface area contributed by atoms with Gasteiger partial charge in [-0.25, -0.2) is 9.97 Å². The molecule has 1 N–H and O–H groups in total. The summed E-state index contributed by atoms with van der Waals surface area (Å²) in [6.45, 7) is 6.16. The van der Waals surface area contributed by atoms with Gasteiger partial charge in [0, 0.05) is 43.5 Å². The van der Waals surface area contributed by atoms with Gasteiger partial charge in [0.2, 0.25) is 0 Å². The molecule has 1 aromatic carbocycles. The summed E-state index contributed by atoms with van der Waals surface area (Å²) < 4.78 is 5.48. The van der Waals surface area contributed by atoms with Crippen LogP contribution in [0.5, 0.6) is 5.75 Å². The Morgan fingerprint density at radius 2 is 2.00 bits per heavy atom. The standard InChI is InChI=1S/C19H24N4O2/c1-13(2)18-21-10-14(11-22-18)19(24)23-9-8-20-12-16(23)15-6-4-5-7-17(15)25-3/h4-7,10-11,13,16,20H,8-9,12H2,1-3H3. The van der Waals surface area contributed by atoms with Gasteiger partial charge < -0.3 is 15.0 Å². The first kappa shape index (κ1) is 17.4. The van der Waals surface area contributed by atoms with Crippen molar-refractivity contribution in [2.24, 2.45) is 0 Å². The maximum atomic E-state index is 13.0. The fourth-order valence-electron chi connectivity index (χ4n) is 3.08. The number of carbonyl (C=O) groups is 1. The molecular formula is C19H24N4O2. The third-order valence-corrected chi connectivity index (χ3v) is 4.44. The lowest BCUT2D eigenvalue weighted by Gasteiger charge is -2.37. The van der Waals surface area contributed by atoms with Gasteiger partial charge in [-0.2, -0.15) is 0 Å². The lowest BCUT2D eigenvalue weighted by atomic mass is 10.0. The Morgan fingerprint density at radius 3 is 2.68 bits per heavy atom. The average Bonchev–Trinajstić information content (AvgIpc) is 2.67. The predicted molar refractivity (Wildman–Crippen MR) is 95.8 cm³/mol. The summed E-state index contributed by atoms with van der Waals surface area (Å²) in [5.41, 5.74) is 1.52. The summed E-state index contributed by atoms with van der Waals surface area (Å²) in [6, 6.07) is 7.75. The molecule has 1 unspecified atom stereocenters. The first-order valence-corrected chi connectivity index (χ1v) is 8.58. The molecule has 0 saturated carbocycles. The number of hydrogen-bond acceptors (Lipinski definition) is 5. The van der Waals surface area contributed by atoms with Crippen molar-refractivity contribution in [1.82, 2.24) is 20.2 Å². The van der Waals surface area contributed by atoms with Crippen LogP contribution in [0.15, 0.2) is 36.7 Å². The van der Waals surface area contributed by atoms with Crippen LogP contribution in [-0.2, 0) is 0 Å². The van der Waals surface area contributed by atoms with E-state index in [4.69, 9.17) is 4.74 Å². The summed E-state index contributed by atoms with van der Waals surface area (Å²) in [5, 5.41) is 3.36. The van der Waals surface area contributed by atoms with E-state index in [0.717, 1.165) is 23.7 Å². The number of para-hydroxylation sites is 1. The molecule has 1 aliphatic rings. The van der Waals surface area contributed by atoms with Crippen molar-refractivity contribution in [2.45, 2.75) is 25.8 Å². The lowest BCUT2D eigenvalue weighted by Crippen LogP contribution is -2.48. The summed E-state index contributed by atoms with van der Waals surface area (Å²) in [4.78, 5) is 23.6. The van der Waals surface area contributed by atoms with Crippen LogP contribution in [-0.4, -0.2) is 47.5 Å². The van der Waals surface area contributed by atoms with Crippen LogP contribution in [0, 0.1) is 0 Å². The quantitative estimate of drug-likeness (QED) is 0.926. The van der Waals surface area contributed by atoms with Crippen molar-refractivity contribution < 1.29 is 9.53 Å². The summed E-state index contributed by atoms with van der Waals surface area (Å²) >= 11 is 0. The molecule has 1 aliphatic heterocycles. The second-order valence-corrected chi connectivity index (χ2v) is 6.45. The summed E-state index contributed by atoms with van der Waals surface area (Å²) in [5.74, 6) is 1.73. The average molecular weight is 340 g/mol. The van der Waals surface area contributed by atoms with Gasteiger partial charge in [0.25, 0.3) is 5.91 Å². The highest BCUT2D eigenvalue weighted by atomic mass is 16.5. The molecule has 2 heterocycles. The molecule has 1 aromatic heterocycles. The summed E-state index contributed by atoms with van der Waals surface area (Å²) in [6.07, 6.45) is 3.26. The number of aromatic nitrogens is 2. The number of ether oxygens (including phenoxy) is 1. The topological polar surface area (TPSA) is 67.3 Å². The minimum Gasteiger partial charge on any atom is -0.496 e. The van der Waals surface area contributed by atoms with Crippen LogP contribution in [0.1, 0.15) is 47.6 Å². The lowest BCUT2D eigenvalue weighted by molar-refractivity contribution is 0.0630. The van der Waals surface area contributed by atoms with E-state index in [9.17, 15) is 4.79 Å². The maximum Gasteiger partial charge on any atom is 0.257 e. The number of methoxy groups -OCH3 is 1. The number of nitrogens with one attached hydrogen (secondary N) is 1. The third kappa shape index (κ3) is 3.64. The van der Waals surface area contributed by atoms with Crippen LogP contribution >= 0.6 is 0 Å². The minimum absolute atomic E-state index is 0.0484. The highest BCUT2D eigenvalue weighted by Crippen LogP contribution is 2.31. The van der Waals surface area contributed by atoms with Gasteiger partial charge in [0.1, 0.15) is 11.6 Å². The van der Waals surface area contributed by atoms with E-state index >= 15 is 0 Å². The molecule has 132 valence electrons. The van der Waals surface area contributed by atoms with Crippen LogP contribution in [0.3, 0.4) is 0 Å². The molecule has 1 saturated heterocycles. The molecule has 0 radical (unpaired) electrons. The van der Waals surface area contributed by atoms with E-state index < -0.39 is 0 Å². The van der Waals surface area contributed by atoms with Crippen LogP contribution in [0.2, 0.25) is 0 Å². The summed E-state index contributed by atoms with van der Waals surface area (Å²) in [7, 11) is 1.65. The maximum absolute atomic E-state index is 13.0.